The predicted octanol–water partition coefficient (Wildman–Crippen LogP) is 1.40. The van der Waals surface area contributed by atoms with E-state index >= 15 is 0 Å². The van der Waals surface area contributed by atoms with Crippen LogP contribution in [0.2, 0.25) is 0 Å². The summed E-state index contributed by atoms with van der Waals surface area (Å²) in [5.41, 5.74) is 0.307. The highest BCUT2D eigenvalue weighted by Crippen LogP contribution is 2.63. The summed E-state index contributed by atoms with van der Waals surface area (Å²) in [4.78, 5) is 11.6. The molecule has 0 spiro atoms. The fraction of sp³-hybridized carbons (Fsp3) is 0.900. The molecule has 2 aliphatic carbocycles. The lowest BCUT2D eigenvalue weighted by Crippen LogP contribution is -2.32. The summed E-state index contributed by atoms with van der Waals surface area (Å²) in [6, 6.07) is 0. The minimum atomic E-state index is -3.11. The van der Waals surface area contributed by atoms with Gasteiger partial charge in [0.2, 0.25) is 0 Å². The average molecular weight is 232 g/mol. The number of ketones is 1. The van der Waals surface area contributed by atoms with E-state index in [4.69, 9.17) is 12.6 Å². The molecule has 4 nitrogen and oxygen atoms in total. The van der Waals surface area contributed by atoms with E-state index in [1.54, 1.807) is 0 Å². The molecular weight excluding hydrogens is 216 g/mol. The molecule has 0 radical (unpaired) electrons. The van der Waals surface area contributed by atoms with Gasteiger partial charge in [-0.3, -0.25) is 4.79 Å². The van der Waals surface area contributed by atoms with E-state index in [1.807, 2.05) is 0 Å². The average Bonchev–Trinajstić information content (AvgIpc) is 2.36. The van der Waals surface area contributed by atoms with Crippen LogP contribution < -0.4 is 0 Å². The first kappa shape index (κ1) is 12.4. The third-order valence-corrected chi connectivity index (χ3v) is 4.48. The fourth-order valence-electron chi connectivity index (χ4n) is 2.90. The summed E-state index contributed by atoms with van der Waals surface area (Å²) in [7, 11) is -3.11. The molecule has 2 saturated carbocycles. The Morgan fingerprint density at radius 1 is 1.20 bits per heavy atom. The van der Waals surface area contributed by atoms with Crippen LogP contribution in [0, 0.1) is 16.7 Å². The summed E-state index contributed by atoms with van der Waals surface area (Å²) in [5.74, 6) is 1.19. The number of carbonyl (C=O) groups excluding carboxylic acids is 1. The van der Waals surface area contributed by atoms with Gasteiger partial charge < -0.3 is 0 Å². The number of fused-ring (bicyclic) bond motifs is 2. The summed E-state index contributed by atoms with van der Waals surface area (Å²) < 4.78 is 25.3. The van der Waals surface area contributed by atoms with Crippen molar-refractivity contribution in [1.29, 1.82) is 0 Å². The maximum Gasteiger partial charge on any atom is 0.425 e. The molecule has 5 heteroatoms. The Labute approximate surface area is 91.1 Å². The third kappa shape index (κ3) is 1.85. The summed E-state index contributed by atoms with van der Waals surface area (Å²) in [5, 5.41) is 0. The molecule has 0 amide bonds. The van der Waals surface area contributed by atoms with Gasteiger partial charge in [-0.05, 0) is 24.2 Å². The number of rotatable bonds is 0. The molecule has 2 aliphatic rings. The van der Waals surface area contributed by atoms with E-state index < -0.39 is 10.6 Å². The largest absolute Gasteiger partial charge is 0.425 e. The maximum atomic E-state index is 11.6. The topological polar surface area (TPSA) is 68.3 Å². The molecule has 15 heavy (non-hydrogen) atoms. The summed E-state index contributed by atoms with van der Waals surface area (Å²) >= 11 is 0. The zero-order valence-corrected chi connectivity index (χ0v) is 10.1. The van der Waals surface area contributed by atoms with Crippen LogP contribution in [0.15, 0.2) is 0 Å². The molecule has 2 bridgehead atoms. The molecule has 0 N–H and O–H groups in total. The predicted molar refractivity (Wildman–Crippen MR) is 53.9 cm³/mol. The first-order valence-corrected chi connectivity index (χ1v) is 6.02. The Hall–Kier alpha value is -0.710. The van der Waals surface area contributed by atoms with Gasteiger partial charge in [0.25, 0.3) is 0 Å². The van der Waals surface area contributed by atoms with E-state index in [0.29, 0.717) is 11.7 Å². The van der Waals surface area contributed by atoms with Crippen molar-refractivity contribution in [2.75, 3.05) is 0 Å². The van der Waals surface area contributed by atoms with Gasteiger partial charge in [0.15, 0.2) is 0 Å². The normalized spacial score (nSPS) is 35.9. The lowest BCUT2D eigenvalue weighted by molar-refractivity contribution is -0.128. The molecule has 0 aromatic heterocycles. The van der Waals surface area contributed by atoms with Gasteiger partial charge in [-0.1, -0.05) is 20.8 Å². The van der Waals surface area contributed by atoms with E-state index in [9.17, 15) is 4.79 Å². The number of carbonyl (C=O) groups is 1. The van der Waals surface area contributed by atoms with Gasteiger partial charge in [0.05, 0.1) is 0 Å². The maximum absolute atomic E-state index is 11.6. The lowest BCUT2D eigenvalue weighted by Gasteiger charge is -2.32. The van der Waals surface area contributed by atoms with Gasteiger partial charge in [0, 0.05) is 11.8 Å². The molecule has 2 fully saturated rings. The minimum absolute atomic E-state index is 0.0255. The Bertz CT molecular complexity index is 374. The first-order valence-electron chi connectivity index (χ1n) is 5.02. The van der Waals surface area contributed by atoms with Crippen molar-refractivity contribution in [3.05, 3.63) is 0 Å². The van der Waals surface area contributed by atoms with Crippen LogP contribution >= 0.6 is 0 Å². The molecule has 0 aliphatic heterocycles. The smallest absolute Gasteiger partial charge is 0.299 e. The Morgan fingerprint density at radius 3 is 1.80 bits per heavy atom. The molecule has 0 heterocycles. The Morgan fingerprint density at radius 2 is 1.67 bits per heavy atom. The van der Waals surface area contributed by atoms with Crippen LogP contribution in [0.4, 0.5) is 0 Å². The van der Waals surface area contributed by atoms with Crippen LogP contribution in [-0.2, 0) is 15.4 Å². The zero-order valence-electron chi connectivity index (χ0n) is 9.24. The highest BCUT2D eigenvalue weighted by atomic mass is 32.2. The first-order chi connectivity index (χ1) is 6.72. The SMILES string of the molecule is CC12CCC(CC1=O)C2(C)C.O=S(=O)=O. The Balaban J connectivity index is 0.000000245. The molecule has 0 aromatic carbocycles. The monoisotopic (exact) mass is 232 g/mol. The van der Waals surface area contributed by atoms with Crippen molar-refractivity contribution in [3.8, 4) is 0 Å². The van der Waals surface area contributed by atoms with Crippen molar-refractivity contribution in [2.24, 2.45) is 16.7 Å². The molecule has 2 atom stereocenters. The van der Waals surface area contributed by atoms with Crippen molar-refractivity contribution >= 4 is 16.4 Å². The second-order valence-electron chi connectivity index (χ2n) is 5.12. The number of Topliss-reactive ketones (excluding diaryl/α,β-unsaturated/α-hetero) is 1. The van der Waals surface area contributed by atoms with E-state index in [-0.39, 0.29) is 10.8 Å². The molecule has 0 saturated heterocycles. The van der Waals surface area contributed by atoms with Gasteiger partial charge >= 0.3 is 10.6 Å². The van der Waals surface area contributed by atoms with Crippen molar-refractivity contribution in [1.82, 2.24) is 0 Å². The number of hydrogen-bond acceptors (Lipinski definition) is 4. The highest BCUT2D eigenvalue weighted by molar-refractivity contribution is 7.59. The van der Waals surface area contributed by atoms with Gasteiger partial charge in [-0.25, -0.2) is 0 Å². The van der Waals surface area contributed by atoms with Crippen molar-refractivity contribution in [2.45, 2.75) is 40.0 Å². The van der Waals surface area contributed by atoms with Crippen molar-refractivity contribution < 1.29 is 17.4 Å². The van der Waals surface area contributed by atoms with Crippen LogP contribution in [0.25, 0.3) is 0 Å². The van der Waals surface area contributed by atoms with Crippen LogP contribution in [0.5, 0.6) is 0 Å². The molecular formula is C10H16O4S. The second kappa shape index (κ2) is 3.70. The summed E-state index contributed by atoms with van der Waals surface area (Å²) in [6.45, 7) is 6.67. The summed E-state index contributed by atoms with van der Waals surface area (Å²) in [6.07, 6.45) is 3.25. The van der Waals surface area contributed by atoms with E-state index in [2.05, 4.69) is 20.8 Å². The van der Waals surface area contributed by atoms with Crippen LogP contribution in [-0.4, -0.2) is 18.4 Å². The third-order valence-electron chi connectivity index (χ3n) is 4.48. The van der Waals surface area contributed by atoms with E-state index in [1.165, 1.54) is 6.42 Å². The minimum Gasteiger partial charge on any atom is -0.299 e. The lowest BCUT2D eigenvalue weighted by atomic mass is 9.70. The number of hydrogen-bond donors (Lipinski definition) is 0. The Kier molecular flexibility index (Phi) is 3.05. The van der Waals surface area contributed by atoms with E-state index in [0.717, 1.165) is 12.8 Å². The standard InChI is InChI=1S/C10H16O.O3S/c1-9(2)7-4-5-10(9,3)8(11)6-7;1-4(2)3/h7H,4-6H2,1-3H3;. The second-order valence-corrected chi connectivity index (χ2v) is 5.53. The quantitative estimate of drug-likeness (QED) is 0.633. The molecule has 2 rings (SSSR count). The van der Waals surface area contributed by atoms with Crippen molar-refractivity contribution in [3.63, 3.8) is 0 Å². The van der Waals surface area contributed by atoms with Crippen LogP contribution in [0.3, 0.4) is 0 Å². The highest BCUT2D eigenvalue weighted by Gasteiger charge is 2.61. The molecule has 0 aromatic rings. The molecule has 2 unspecified atom stereocenters. The zero-order chi connectivity index (χ0) is 11.9. The fourth-order valence-corrected chi connectivity index (χ4v) is 2.90. The van der Waals surface area contributed by atoms with Crippen LogP contribution in [0.1, 0.15) is 40.0 Å². The van der Waals surface area contributed by atoms with Gasteiger partial charge in [-0.15, -0.1) is 12.6 Å². The molecule has 86 valence electrons. The van der Waals surface area contributed by atoms with Gasteiger partial charge in [0.1, 0.15) is 5.78 Å². The van der Waals surface area contributed by atoms with Gasteiger partial charge in [-0.2, -0.15) is 0 Å².